The topological polar surface area (TPSA) is 42.0 Å². The van der Waals surface area contributed by atoms with Crippen molar-refractivity contribution in [1.29, 1.82) is 0 Å². The fraction of sp³-hybridized carbons (Fsp3) is 0. The number of nitrogens with one attached hydrogen (secondary N) is 1. The van der Waals surface area contributed by atoms with E-state index >= 15 is 0 Å². The van der Waals surface area contributed by atoms with Crippen LogP contribution in [0.25, 0.3) is 0 Å². The van der Waals surface area contributed by atoms with Crippen LogP contribution in [0.1, 0.15) is 10.4 Å². The van der Waals surface area contributed by atoms with E-state index in [1.807, 2.05) is 6.07 Å². The number of aromatic nitrogens is 1. The molecule has 0 spiro atoms. The Bertz CT molecular complexity index is 584. The number of anilines is 1. The highest BCUT2D eigenvalue weighted by Gasteiger charge is 2.11. The van der Waals surface area contributed by atoms with Crippen molar-refractivity contribution < 1.29 is 4.79 Å². The number of hydrogen-bond donors (Lipinski definition) is 1. The summed E-state index contributed by atoms with van der Waals surface area (Å²) >= 11 is 15.1. The minimum Gasteiger partial charge on any atom is -0.319 e. The molecule has 92 valence electrons. The van der Waals surface area contributed by atoms with E-state index in [2.05, 4.69) is 26.2 Å². The van der Waals surface area contributed by atoms with Crippen molar-refractivity contribution in [3.8, 4) is 0 Å². The van der Waals surface area contributed by atoms with E-state index in [1.165, 1.54) is 12.4 Å². The molecule has 2 aromatic rings. The summed E-state index contributed by atoms with van der Waals surface area (Å²) in [6, 6.07) is 7.01. The van der Waals surface area contributed by atoms with Gasteiger partial charge < -0.3 is 5.32 Å². The maximum atomic E-state index is 12.0. The number of carbonyl (C=O) groups excluding carboxylic acids is 1. The van der Waals surface area contributed by atoms with Crippen LogP contribution in [0, 0.1) is 0 Å². The number of carbonyl (C=O) groups is 1. The van der Waals surface area contributed by atoms with Gasteiger partial charge in [-0.2, -0.15) is 0 Å². The number of halogens is 3. The third-order valence-electron chi connectivity index (χ3n) is 2.18. The Morgan fingerprint density at radius 1 is 1.22 bits per heavy atom. The molecule has 0 radical (unpaired) electrons. The lowest BCUT2D eigenvalue weighted by Crippen LogP contribution is -2.12. The summed E-state index contributed by atoms with van der Waals surface area (Å²) in [4.78, 5) is 15.8. The summed E-state index contributed by atoms with van der Waals surface area (Å²) in [7, 11) is 0. The third kappa shape index (κ3) is 3.02. The molecular weight excluding hydrogens is 339 g/mol. The van der Waals surface area contributed by atoms with Gasteiger partial charge in [-0.25, -0.2) is 0 Å². The zero-order valence-electron chi connectivity index (χ0n) is 8.95. The second-order valence-corrected chi connectivity index (χ2v) is 5.17. The van der Waals surface area contributed by atoms with Gasteiger partial charge in [0.05, 0.1) is 15.7 Å². The van der Waals surface area contributed by atoms with Crippen molar-refractivity contribution in [3.63, 3.8) is 0 Å². The summed E-state index contributed by atoms with van der Waals surface area (Å²) < 4.78 is 0.821. The molecule has 18 heavy (non-hydrogen) atoms. The molecule has 1 amide bonds. The van der Waals surface area contributed by atoms with E-state index in [0.717, 1.165) is 4.47 Å². The van der Waals surface area contributed by atoms with E-state index in [-0.39, 0.29) is 5.91 Å². The maximum Gasteiger partial charge on any atom is 0.255 e. The lowest BCUT2D eigenvalue weighted by molar-refractivity contribution is 0.102. The minimum atomic E-state index is -0.286. The molecule has 0 unspecified atom stereocenters. The van der Waals surface area contributed by atoms with Gasteiger partial charge in [-0.15, -0.1) is 0 Å². The lowest BCUT2D eigenvalue weighted by atomic mass is 10.2. The number of rotatable bonds is 2. The van der Waals surface area contributed by atoms with Crippen LogP contribution in [-0.2, 0) is 0 Å². The Hall–Kier alpha value is -1.10. The first-order valence-electron chi connectivity index (χ1n) is 4.94. The van der Waals surface area contributed by atoms with E-state index in [4.69, 9.17) is 23.2 Å². The van der Waals surface area contributed by atoms with Crippen LogP contribution in [0.2, 0.25) is 10.0 Å². The van der Waals surface area contributed by atoms with E-state index in [9.17, 15) is 4.79 Å². The molecular formula is C12H7BrCl2N2O. The van der Waals surface area contributed by atoms with Gasteiger partial charge >= 0.3 is 0 Å². The fourth-order valence-corrected chi connectivity index (χ4v) is 2.20. The zero-order valence-corrected chi connectivity index (χ0v) is 12.1. The molecule has 0 aliphatic heterocycles. The molecule has 0 bridgehead atoms. The number of nitrogens with zero attached hydrogens (tertiary/aromatic N) is 1. The molecule has 1 N–H and O–H groups in total. The predicted octanol–water partition coefficient (Wildman–Crippen LogP) is 4.40. The smallest absolute Gasteiger partial charge is 0.255 e. The molecule has 6 heteroatoms. The van der Waals surface area contributed by atoms with E-state index in [1.54, 1.807) is 18.2 Å². The number of amides is 1. The zero-order chi connectivity index (χ0) is 13.1. The van der Waals surface area contributed by atoms with Crippen molar-refractivity contribution >= 4 is 50.7 Å². The molecule has 1 heterocycles. The summed E-state index contributed by atoms with van der Waals surface area (Å²) in [5.74, 6) is -0.286. The quantitative estimate of drug-likeness (QED) is 0.876. The standard InChI is InChI=1S/C12H7BrCl2N2O/c13-8-3-1-2-7(4-8)12(18)17-11-9(14)5-16-6-10(11)15/h1-6H,(H,16,17,18). The van der Waals surface area contributed by atoms with Crippen LogP contribution in [0.15, 0.2) is 41.1 Å². The highest BCUT2D eigenvalue weighted by molar-refractivity contribution is 9.10. The van der Waals surface area contributed by atoms with Crippen LogP contribution < -0.4 is 5.32 Å². The maximum absolute atomic E-state index is 12.0. The Kier molecular flexibility index (Phi) is 4.22. The predicted molar refractivity (Wildman–Crippen MR) is 76.4 cm³/mol. The van der Waals surface area contributed by atoms with E-state index < -0.39 is 0 Å². The third-order valence-corrected chi connectivity index (χ3v) is 3.25. The molecule has 0 saturated heterocycles. The van der Waals surface area contributed by atoms with Crippen molar-refractivity contribution in [2.75, 3.05) is 5.32 Å². The first kappa shape index (κ1) is 13.3. The second-order valence-electron chi connectivity index (χ2n) is 3.44. The van der Waals surface area contributed by atoms with Crippen LogP contribution >= 0.6 is 39.1 Å². The molecule has 1 aromatic carbocycles. The molecule has 0 fully saturated rings. The van der Waals surface area contributed by atoms with Gasteiger partial charge in [-0.1, -0.05) is 45.2 Å². The van der Waals surface area contributed by atoms with Crippen LogP contribution in [0.5, 0.6) is 0 Å². The first-order valence-corrected chi connectivity index (χ1v) is 6.49. The summed E-state index contributed by atoms with van der Waals surface area (Å²) in [5, 5.41) is 3.25. The Labute approximate surface area is 122 Å². The molecule has 3 nitrogen and oxygen atoms in total. The highest BCUT2D eigenvalue weighted by Crippen LogP contribution is 2.29. The molecule has 2 rings (SSSR count). The lowest BCUT2D eigenvalue weighted by Gasteiger charge is -2.08. The van der Waals surface area contributed by atoms with Crippen molar-refractivity contribution in [2.45, 2.75) is 0 Å². The van der Waals surface area contributed by atoms with Crippen LogP contribution in [0.4, 0.5) is 5.69 Å². The number of pyridine rings is 1. The molecule has 0 aliphatic rings. The van der Waals surface area contributed by atoms with Crippen LogP contribution in [0.3, 0.4) is 0 Å². The Morgan fingerprint density at radius 3 is 2.50 bits per heavy atom. The van der Waals surface area contributed by atoms with Gasteiger partial charge in [-0.3, -0.25) is 9.78 Å². The Morgan fingerprint density at radius 2 is 1.89 bits per heavy atom. The average Bonchev–Trinajstić information content (AvgIpc) is 2.34. The van der Waals surface area contributed by atoms with E-state index in [0.29, 0.717) is 21.3 Å². The normalized spacial score (nSPS) is 10.2. The summed E-state index contributed by atoms with van der Waals surface area (Å²) in [6.07, 6.45) is 2.84. The Balaban J connectivity index is 2.27. The highest BCUT2D eigenvalue weighted by atomic mass is 79.9. The second kappa shape index (κ2) is 5.69. The monoisotopic (exact) mass is 344 g/mol. The summed E-state index contributed by atoms with van der Waals surface area (Å²) in [6.45, 7) is 0. The molecule has 0 saturated carbocycles. The number of hydrogen-bond acceptors (Lipinski definition) is 2. The first-order chi connectivity index (χ1) is 8.58. The van der Waals surface area contributed by atoms with Crippen molar-refractivity contribution in [2.24, 2.45) is 0 Å². The van der Waals surface area contributed by atoms with Gasteiger partial charge in [0.1, 0.15) is 0 Å². The minimum absolute atomic E-state index is 0.286. The fourth-order valence-electron chi connectivity index (χ4n) is 1.35. The van der Waals surface area contributed by atoms with Gasteiger partial charge in [0.25, 0.3) is 5.91 Å². The van der Waals surface area contributed by atoms with Gasteiger partial charge in [-0.05, 0) is 18.2 Å². The molecule has 0 atom stereocenters. The average molecular weight is 346 g/mol. The largest absolute Gasteiger partial charge is 0.319 e. The SMILES string of the molecule is O=C(Nc1c(Cl)cncc1Cl)c1cccc(Br)c1. The van der Waals surface area contributed by atoms with Crippen LogP contribution in [-0.4, -0.2) is 10.9 Å². The summed E-state index contributed by atoms with van der Waals surface area (Å²) in [5.41, 5.74) is 0.867. The van der Waals surface area contributed by atoms with Gasteiger partial charge in [0.2, 0.25) is 0 Å². The molecule has 0 aliphatic carbocycles. The number of benzene rings is 1. The van der Waals surface area contributed by atoms with Gasteiger partial charge in [0, 0.05) is 22.4 Å². The van der Waals surface area contributed by atoms with Crippen molar-refractivity contribution in [1.82, 2.24) is 4.98 Å². The molecule has 1 aromatic heterocycles. The van der Waals surface area contributed by atoms with Crippen molar-refractivity contribution in [3.05, 3.63) is 56.7 Å². The van der Waals surface area contributed by atoms with Gasteiger partial charge in [0.15, 0.2) is 0 Å².